The molecule has 0 saturated carbocycles. The summed E-state index contributed by atoms with van der Waals surface area (Å²) in [4.78, 5) is 0. The van der Waals surface area contributed by atoms with Crippen molar-refractivity contribution in [1.29, 1.82) is 0 Å². The summed E-state index contributed by atoms with van der Waals surface area (Å²) in [6.45, 7) is 3.50. The molecule has 0 aromatic heterocycles. The summed E-state index contributed by atoms with van der Waals surface area (Å²) in [5.41, 5.74) is 0.609. The summed E-state index contributed by atoms with van der Waals surface area (Å²) in [6.07, 6.45) is 2.07. The first-order valence-corrected chi connectivity index (χ1v) is 6.79. The number of hydrogen-bond donors (Lipinski definition) is 1. The molecule has 1 rings (SSSR count). The van der Waals surface area contributed by atoms with Crippen LogP contribution in [0.4, 0.5) is 4.39 Å². The molecule has 0 aliphatic carbocycles. The van der Waals surface area contributed by atoms with Crippen LogP contribution in [0.25, 0.3) is 0 Å². The minimum Gasteiger partial charge on any atom is -0.312 e. The Morgan fingerprint density at radius 3 is 2.82 bits per heavy atom. The highest BCUT2D eigenvalue weighted by molar-refractivity contribution is 6.30. The molecular weight excluding hydrogens is 260 g/mol. The zero-order valence-electron chi connectivity index (χ0n) is 9.98. The van der Waals surface area contributed by atoms with Gasteiger partial charge < -0.3 is 5.32 Å². The highest BCUT2D eigenvalue weighted by atomic mass is 35.5. The summed E-state index contributed by atoms with van der Waals surface area (Å²) >= 11 is 11.5. The van der Waals surface area contributed by atoms with E-state index in [-0.39, 0.29) is 5.82 Å². The standard InChI is InChI=1S/C13H18Cl2FN/c1-2-10(5-6-14)8-17-9-11-7-12(15)3-4-13(11)16/h3-4,7,10,17H,2,5-6,8-9H2,1H3. The van der Waals surface area contributed by atoms with Crippen LogP contribution in [-0.4, -0.2) is 12.4 Å². The highest BCUT2D eigenvalue weighted by Crippen LogP contribution is 2.15. The normalized spacial score (nSPS) is 12.7. The maximum absolute atomic E-state index is 13.4. The maximum Gasteiger partial charge on any atom is 0.127 e. The second-order valence-corrected chi connectivity index (χ2v) is 4.93. The molecule has 1 nitrogen and oxygen atoms in total. The van der Waals surface area contributed by atoms with Gasteiger partial charge in [-0.05, 0) is 37.1 Å². The third kappa shape index (κ3) is 5.24. The van der Waals surface area contributed by atoms with Gasteiger partial charge in [0.15, 0.2) is 0 Å². The molecular formula is C13H18Cl2FN. The molecule has 1 aromatic rings. The second-order valence-electron chi connectivity index (χ2n) is 4.12. The van der Waals surface area contributed by atoms with Crippen molar-refractivity contribution in [3.8, 4) is 0 Å². The van der Waals surface area contributed by atoms with Crippen LogP contribution in [-0.2, 0) is 6.54 Å². The average Bonchev–Trinajstić information content (AvgIpc) is 2.32. The third-order valence-corrected chi connectivity index (χ3v) is 3.30. The van der Waals surface area contributed by atoms with Gasteiger partial charge in [-0.1, -0.05) is 24.9 Å². The Hall–Kier alpha value is -0.310. The Balaban J connectivity index is 2.42. The molecule has 1 unspecified atom stereocenters. The van der Waals surface area contributed by atoms with Crippen LogP contribution in [0.1, 0.15) is 25.3 Å². The molecule has 0 spiro atoms. The lowest BCUT2D eigenvalue weighted by atomic mass is 10.0. The first-order valence-electron chi connectivity index (χ1n) is 5.88. The Bertz CT molecular complexity index is 344. The van der Waals surface area contributed by atoms with Crippen molar-refractivity contribution in [3.63, 3.8) is 0 Å². The number of hydrogen-bond acceptors (Lipinski definition) is 1. The molecule has 1 atom stereocenters. The summed E-state index contributed by atoms with van der Waals surface area (Å²) in [6, 6.07) is 4.62. The topological polar surface area (TPSA) is 12.0 Å². The first-order chi connectivity index (χ1) is 8.17. The summed E-state index contributed by atoms with van der Waals surface area (Å²) < 4.78 is 13.4. The zero-order chi connectivity index (χ0) is 12.7. The molecule has 4 heteroatoms. The number of rotatable bonds is 7. The molecule has 0 fully saturated rings. The lowest BCUT2D eigenvalue weighted by Crippen LogP contribution is -2.23. The number of benzene rings is 1. The molecule has 0 amide bonds. The minimum absolute atomic E-state index is 0.215. The molecule has 0 radical (unpaired) electrons. The fourth-order valence-corrected chi connectivity index (χ4v) is 2.20. The summed E-state index contributed by atoms with van der Waals surface area (Å²) in [7, 11) is 0. The Kier molecular flexibility index (Phi) is 6.86. The SMILES string of the molecule is CCC(CCCl)CNCc1cc(Cl)ccc1F. The van der Waals surface area contributed by atoms with E-state index in [1.54, 1.807) is 12.1 Å². The lowest BCUT2D eigenvalue weighted by molar-refractivity contribution is 0.448. The smallest absolute Gasteiger partial charge is 0.127 e. The van der Waals surface area contributed by atoms with Gasteiger partial charge in [0.05, 0.1) is 0 Å². The molecule has 1 aromatic carbocycles. The van der Waals surface area contributed by atoms with Gasteiger partial charge in [0, 0.05) is 23.0 Å². The molecule has 0 saturated heterocycles. The molecule has 1 N–H and O–H groups in total. The van der Waals surface area contributed by atoms with Gasteiger partial charge in [-0.25, -0.2) is 4.39 Å². The van der Waals surface area contributed by atoms with E-state index in [4.69, 9.17) is 23.2 Å². The molecule has 17 heavy (non-hydrogen) atoms. The largest absolute Gasteiger partial charge is 0.312 e. The number of halogens is 3. The molecule has 0 heterocycles. The monoisotopic (exact) mass is 277 g/mol. The molecule has 96 valence electrons. The van der Waals surface area contributed by atoms with Crippen LogP contribution >= 0.6 is 23.2 Å². The van der Waals surface area contributed by atoms with Gasteiger partial charge in [-0.2, -0.15) is 0 Å². The van der Waals surface area contributed by atoms with E-state index in [1.807, 2.05) is 0 Å². The van der Waals surface area contributed by atoms with Crippen molar-refractivity contribution >= 4 is 23.2 Å². The van der Waals surface area contributed by atoms with Crippen molar-refractivity contribution in [2.75, 3.05) is 12.4 Å². The van der Waals surface area contributed by atoms with Crippen LogP contribution in [0, 0.1) is 11.7 Å². The van der Waals surface area contributed by atoms with E-state index in [0.717, 1.165) is 19.4 Å². The average molecular weight is 278 g/mol. The van der Waals surface area contributed by atoms with E-state index in [9.17, 15) is 4.39 Å². The van der Waals surface area contributed by atoms with Crippen LogP contribution in [0.3, 0.4) is 0 Å². The van der Waals surface area contributed by atoms with Gasteiger partial charge in [0.2, 0.25) is 0 Å². The Morgan fingerprint density at radius 1 is 1.41 bits per heavy atom. The molecule has 0 aliphatic heterocycles. The fourth-order valence-electron chi connectivity index (χ4n) is 1.69. The minimum atomic E-state index is -0.215. The van der Waals surface area contributed by atoms with Crippen LogP contribution in [0.2, 0.25) is 5.02 Å². The van der Waals surface area contributed by atoms with E-state index >= 15 is 0 Å². The third-order valence-electron chi connectivity index (χ3n) is 2.85. The van der Waals surface area contributed by atoms with Gasteiger partial charge in [-0.3, -0.25) is 0 Å². The van der Waals surface area contributed by atoms with E-state index < -0.39 is 0 Å². The van der Waals surface area contributed by atoms with Gasteiger partial charge in [-0.15, -0.1) is 11.6 Å². The van der Waals surface area contributed by atoms with Crippen molar-refractivity contribution in [2.45, 2.75) is 26.3 Å². The van der Waals surface area contributed by atoms with Crippen molar-refractivity contribution in [1.82, 2.24) is 5.32 Å². The quantitative estimate of drug-likeness (QED) is 0.736. The van der Waals surface area contributed by atoms with Crippen LogP contribution in [0.5, 0.6) is 0 Å². The Labute approximate surface area is 112 Å². The van der Waals surface area contributed by atoms with Crippen molar-refractivity contribution < 1.29 is 4.39 Å². The van der Waals surface area contributed by atoms with Gasteiger partial charge >= 0.3 is 0 Å². The van der Waals surface area contributed by atoms with E-state index in [2.05, 4.69) is 12.2 Å². The zero-order valence-corrected chi connectivity index (χ0v) is 11.5. The van der Waals surface area contributed by atoms with Gasteiger partial charge in [0.25, 0.3) is 0 Å². The van der Waals surface area contributed by atoms with Crippen molar-refractivity contribution in [3.05, 3.63) is 34.6 Å². The number of nitrogens with one attached hydrogen (secondary N) is 1. The van der Waals surface area contributed by atoms with E-state index in [1.165, 1.54) is 6.07 Å². The molecule has 0 bridgehead atoms. The van der Waals surface area contributed by atoms with Crippen LogP contribution < -0.4 is 5.32 Å². The number of alkyl halides is 1. The highest BCUT2D eigenvalue weighted by Gasteiger charge is 2.06. The Morgan fingerprint density at radius 2 is 2.18 bits per heavy atom. The molecule has 0 aliphatic rings. The van der Waals surface area contributed by atoms with Crippen molar-refractivity contribution in [2.24, 2.45) is 5.92 Å². The summed E-state index contributed by atoms with van der Waals surface area (Å²) in [5.74, 6) is 1.01. The summed E-state index contributed by atoms with van der Waals surface area (Å²) in [5, 5.41) is 3.81. The van der Waals surface area contributed by atoms with E-state index in [0.29, 0.717) is 28.9 Å². The maximum atomic E-state index is 13.4. The first kappa shape index (κ1) is 14.7. The predicted octanol–water partition coefficient (Wildman–Crippen LogP) is 4.22. The van der Waals surface area contributed by atoms with Gasteiger partial charge in [0.1, 0.15) is 5.82 Å². The van der Waals surface area contributed by atoms with Crippen LogP contribution in [0.15, 0.2) is 18.2 Å². The predicted molar refractivity (Wildman–Crippen MR) is 72.2 cm³/mol. The second kappa shape index (κ2) is 7.91. The fraction of sp³-hybridized carbons (Fsp3) is 0.538. The lowest BCUT2D eigenvalue weighted by Gasteiger charge is -2.14.